The summed E-state index contributed by atoms with van der Waals surface area (Å²) in [6.45, 7) is 4.28. The number of nitrogens with one attached hydrogen (secondary N) is 1. The van der Waals surface area contributed by atoms with Gasteiger partial charge in [-0.1, -0.05) is 0 Å². The molecule has 0 radical (unpaired) electrons. The van der Waals surface area contributed by atoms with Crippen LogP contribution in [-0.2, 0) is 6.54 Å². The Balaban J connectivity index is 2.11. The molecule has 0 aliphatic rings. The van der Waals surface area contributed by atoms with Crippen molar-refractivity contribution in [3.63, 3.8) is 0 Å². The van der Waals surface area contributed by atoms with Crippen LogP contribution < -0.4 is 11.1 Å². The molecule has 5 heteroatoms. The van der Waals surface area contributed by atoms with Gasteiger partial charge in [0, 0.05) is 11.1 Å². The van der Waals surface area contributed by atoms with E-state index in [1.807, 2.05) is 12.3 Å². The molecule has 0 fully saturated rings. The summed E-state index contributed by atoms with van der Waals surface area (Å²) >= 11 is 1.59. The van der Waals surface area contributed by atoms with E-state index in [0.717, 1.165) is 16.4 Å². The van der Waals surface area contributed by atoms with Crippen LogP contribution in [0.1, 0.15) is 16.3 Å². The van der Waals surface area contributed by atoms with Gasteiger partial charge < -0.3 is 11.1 Å². The van der Waals surface area contributed by atoms with Crippen LogP contribution in [0, 0.1) is 19.7 Å². The highest BCUT2D eigenvalue weighted by Gasteiger charge is 2.05. The predicted octanol–water partition coefficient (Wildman–Crippen LogP) is 3.09. The molecule has 1 aromatic carbocycles. The average Bonchev–Trinajstić information content (AvgIpc) is 2.68. The van der Waals surface area contributed by atoms with Gasteiger partial charge in [0.2, 0.25) is 0 Å². The Morgan fingerprint density at radius 2 is 2.18 bits per heavy atom. The summed E-state index contributed by atoms with van der Waals surface area (Å²) in [5, 5.41) is 6.15. The molecule has 2 rings (SSSR count). The van der Waals surface area contributed by atoms with E-state index in [4.69, 9.17) is 5.73 Å². The molecule has 90 valence electrons. The lowest BCUT2D eigenvalue weighted by Crippen LogP contribution is -2.03. The van der Waals surface area contributed by atoms with E-state index in [2.05, 4.69) is 10.3 Å². The van der Waals surface area contributed by atoms with E-state index in [1.54, 1.807) is 24.3 Å². The molecule has 0 spiro atoms. The van der Waals surface area contributed by atoms with Gasteiger partial charge >= 0.3 is 0 Å². The third-order valence-electron chi connectivity index (χ3n) is 2.43. The van der Waals surface area contributed by atoms with E-state index in [0.29, 0.717) is 17.8 Å². The van der Waals surface area contributed by atoms with Gasteiger partial charge in [0.1, 0.15) is 10.8 Å². The predicted molar refractivity (Wildman–Crippen MR) is 69.7 cm³/mol. The number of nitrogens with two attached hydrogens (primary N) is 1. The highest BCUT2D eigenvalue weighted by Crippen LogP contribution is 2.23. The number of hydrogen-bond acceptors (Lipinski definition) is 4. The monoisotopic (exact) mass is 251 g/mol. The van der Waals surface area contributed by atoms with E-state index in [9.17, 15) is 4.39 Å². The minimum atomic E-state index is -0.279. The largest absolute Gasteiger partial charge is 0.397 e. The number of aromatic nitrogens is 1. The van der Waals surface area contributed by atoms with E-state index < -0.39 is 0 Å². The summed E-state index contributed by atoms with van der Waals surface area (Å²) in [6.07, 6.45) is 0. The normalized spacial score (nSPS) is 10.5. The van der Waals surface area contributed by atoms with Gasteiger partial charge in [0.05, 0.1) is 17.9 Å². The van der Waals surface area contributed by atoms with Crippen molar-refractivity contribution in [3.8, 4) is 0 Å². The molecule has 17 heavy (non-hydrogen) atoms. The van der Waals surface area contributed by atoms with Gasteiger partial charge in [-0.15, -0.1) is 11.3 Å². The van der Waals surface area contributed by atoms with Crippen molar-refractivity contribution in [2.45, 2.75) is 20.4 Å². The van der Waals surface area contributed by atoms with Crippen molar-refractivity contribution < 1.29 is 4.39 Å². The molecule has 2 aromatic rings. The van der Waals surface area contributed by atoms with E-state index in [1.165, 1.54) is 6.07 Å². The van der Waals surface area contributed by atoms with Crippen LogP contribution in [0.4, 0.5) is 15.8 Å². The molecular formula is C12H14FN3S. The number of benzene rings is 1. The minimum Gasteiger partial charge on any atom is -0.397 e. The molecule has 0 unspecified atom stereocenters. The Hall–Kier alpha value is -1.62. The topological polar surface area (TPSA) is 50.9 Å². The second-order valence-electron chi connectivity index (χ2n) is 3.92. The molecular weight excluding hydrogens is 237 g/mol. The van der Waals surface area contributed by atoms with Crippen LogP contribution in [0.25, 0.3) is 0 Å². The fraction of sp³-hybridized carbons (Fsp3) is 0.250. The van der Waals surface area contributed by atoms with Crippen LogP contribution in [0.2, 0.25) is 0 Å². The van der Waals surface area contributed by atoms with Crippen LogP contribution in [0.15, 0.2) is 17.5 Å². The van der Waals surface area contributed by atoms with Crippen LogP contribution >= 0.6 is 11.3 Å². The second-order valence-corrected chi connectivity index (χ2v) is 4.87. The molecule has 0 aliphatic heterocycles. The van der Waals surface area contributed by atoms with Crippen molar-refractivity contribution in [1.29, 1.82) is 0 Å². The Labute approximate surface area is 103 Å². The third kappa shape index (κ3) is 2.74. The summed E-state index contributed by atoms with van der Waals surface area (Å²) in [5.74, 6) is -0.279. The molecule has 0 amide bonds. The number of nitrogen functional groups attached to an aromatic ring is 1. The molecule has 3 N–H and O–H groups in total. The van der Waals surface area contributed by atoms with Gasteiger partial charge in [0.25, 0.3) is 0 Å². The summed E-state index contributed by atoms with van der Waals surface area (Å²) in [4.78, 5) is 4.34. The number of halogens is 1. The molecule has 0 bridgehead atoms. The highest BCUT2D eigenvalue weighted by molar-refractivity contribution is 7.09. The first-order valence-electron chi connectivity index (χ1n) is 5.27. The SMILES string of the molecule is Cc1csc(CNc2cc(C)c(F)cc2N)n1. The Kier molecular flexibility index (Phi) is 3.28. The van der Waals surface area contributed by atoms with Crippen molar-refractivity contribution in [2.75, 3.05) is 11.1 Å². The number of thiazole rings is 1. The molecule has 3 nitrogen and oxygen atoms in total. The van der Waals surface area contributed by atoms with Gasteiger partial charge in [-0.2, -0.15) is 0 Å². The first-order valence-corrected chi connectivity index (χ1v) is 6.14. The molecule has 1 aromatic heterocycles. The Morgan fingerprint density at radius 1 is 1.41 bits per heavy atom. The number of aryl methyl sites for hydroxylation is 2. The lowest BCUT2D eigenvalue weighted by molar-refractivity contribution is 0.619. The number of rotatable bonds is 3. The summed E-state index contributed by atoms with van der Waals surface area (Å²) < 4.78 is 13.2. The highest BCUT2D eigenvalue weighted by atomic mass is 32.1. The molecule has 0 saturated carbocycles. The maximum atomic E-state index is 13.2. The summed E-state index contributed by atoms with van der Waals surface area (Å²) in [7, 11) is 0. The fourth-order valence-corrected chi connectivity index (χ4v) is 2.22. The summed E-state index contributed by atoms with van der Waals surface area (Å²) in [5.41, 5.74) is 8.49. The fourth-order valence-electron chi connectivity index (χ4n) is 1.50. The lowest BCUT2D eigenvalue weighted by Gasteiger charge is -2.09. The molecule has 0 aliphatic carbocycles. The molecule has 0 atom stereocenters. The van der Waals surface area contributed by atoms with Crippen LogP contribution in [0.5, 0.6) is 0 Å². The second kappa shape index (κ2) is 4.71. The maximum Gasteiger partial charge on any atom is 0.128 e. The zero-order chi connectivity index (χ0) is 12.4. The number of hydrogen-bond donors (Lipinski definition) is 2. The van der Waals surface area contributed by atoms with Crippen LogP contribution in [0.3, 0.4) is 0 Å². The smallest absolute Gasteiger partial charge is 0.128 e. The van der Waals surface area contributed by atoms with E-state index >= 15 is 0 Å². The maximum absolute atomic E-state index is 13.2. The lowest BCUT2D eigenvalue weighted by atomic mass is 10.2. The van der Waals surface area contributed by atoms with Crippen molar-refractivity contribution in [1.82, 2.24) is 4.98 Å². The zero-order valence-electron chi connectivity index (χ0n) is 9.75. The van der Waals surface area contributed by atoms with E-state index in [-0.39, 0.29) is 5.82 Å². The van der Waals surface area contributed by atoms with Gasteiger partial charge in [0.15, 0.2) is 0 Å². The van der Waals surface area contributed by atoms with Crippen molar-refractivity contribution in [3.05, 3.63) is 39.6 Å². The minimum absolute atomic E-state index is 0.279. The molecule has 1 heterocycles. The quantitative estimate of drug-likeness (QED) is 0.824. The van der Waals surface area contributed by atoms with Crippen molar-refractivity contribution in [2.24, 2.45) is 0 Å². The number of anilines is 2. The summed E-state index contributed by atoms with van der Waals surface area (Å²) in [6, 6.07) is 3.05. The van der Waals surface area contributed by atoms with Gasteiger partial charge in [-0.25, -0.2) is 9.37 Å². The standard InChI is InChI=1S/C12H14FN3S/c1-7-3-11(10(14)4-9(7)13)15-5-12-16-8(2)6-17-12/h3-4,6,15H,5,14H2,1-2H3. The molecule has 0 saturated heterocycles. The first kappa shape index (κ1) is 11.9. The average molecular weight is 251 g/mol. The van der Waals surface area contributed by atoms with Gasteiger partial charge in [-0.05, 0) is 31.5 Å². The first-order chi connectivity index (χ1) is 8.06. The Morgan fingerprint density at radius 3 is 2.82 bits per heavy atom. The zero-order valence-corrected chi connectivity index (χ0v) is 10.6. The van der Waals surface area contributed by atoms with Crippen LogP contribution in [-0.4, -0.2) is 4.98 Å². The Bertz CT molecular complexity index is 537. The number of nitrogens with zero attached hydrogens (tertiary/aromatic N) is 1. The van der Waals surface area contributed by atoms with Gasteiger partial charge in [-0.3, -0.25) is 0 Å². The third-order valence-corrected chi connectivity index (χ3v) is 3.39. The van der Waals surface area contributed by atoms with Crippen molar-refractivity contribution >= 4 is 22.7 Å².